The molecule has 2 amide bonds. The summed E-state index contributed by atoms with van der Waals surface area (Å²) in [6.45, 7) is 4.57. The molecule has 0 unspecified atom stereocenters. The molecule has 0 saturated carbocycles. The second-order valence-corrected chi connectivity index (χ2v) is 7.52. The number of rotatable bonds is 7. The van der Waals surface area contributed by atoms with Crippen LogP contribution >= 0.6 is 0 Å². The summed E-state index contributed by atoms with van der Waals surface area (Å²) in [5.74, 6) is -1.62. The molecule has 6 heteroatoms. The molecular formula is C25H23N2O4-. The summed E-state index contributed by atoms with van der Waals surface area (Å²) in [5, 5.41) is 17.2. The number of carboxylic acids is 1. The summed E-state index contributed by atoms with van der Waals surface area (Å²) < 4.78 is 0. The van der Waals surface area contributed by atoms with Crippen molar-refractivity contribution in [3.05, 3.63) is 89.5 Å². The molecule has 0 bridgehead atoms. The lowest BCUT2D eigenvalue weighted by Gasteiger charge is -2.15. The molecule has 0 aliphatic rings. The normalized spacial score (nSPS) is 10.5. The average Bonchev–Trinajstić information content (AvgIpc) is 2.77. The third-order valence-electron chi connectivity index (χ3n) is 4.66. The van der Waals surface area contributed by atoms with Crippen LogP contribution in [0.3, 0.4) is 0 Å². The number of carbonyl (C=O) groups is 3. The second-order valence-electron chi connectivity index (χ2n) is 7.52. The molecule has 0 atom stereocenters. The van der Waals surface area contributed by atoms with Gasteiger partial charge in [0.1, 0.15) is 0 Å². The Labute approximate surface area is 180 Å². The van der Waals surface area contributed by atoms with Gasteiger partial charge in [-0.3, -0.25) is 9.59 Å². The van der Waals surface area contributed by atoms with Gasteiger partial charge in [-0.1, -0.05) is 62.4 Å². The molecule has 3 aromatic rings. The Balaban J connectivity index is 1.87. The van der Waals surface area contributed by atoms with Crippen LogP contribution < -0.4 is 15.7 Å². The molecule has 6 nitrogen and oxygen atoms in total. The van der Waals surface area contributed by atoms with Crippen LogP contribution in [0, 0.1) is 5.92 Å². The summed E-state index contributed by atoms with van der Waals surface area (Å²) in [6, 6.07) is 19.8. The minimum Gasteiger partial charge on any atom is -0.545 e. The predicted molar refractivity (Wildman–Crippen MR) is 118 cm³/mol. The van der Waals surface area contributed by atoms with E-state index in [0.717, 1.165) is 0 Å². The highest BCUT2D eigenvalue weighted by molar-refractivity contribution is 6.10. The minimum absolute atomic E-state index is 0.00608. The number of carbonyl (C=O) groups excluding carboxylic acids is 3. The highest BCUT2D eigenvalue weighted by Gasteiger charge is 2.16. The maximum absolute atomic E-state index is 13.0. The van der Waals surface area contributed by atoms with Gasteiger partial charge in [-0.25, -0.2) is 0 Å². The largest absolute Gasteiger partial charge is 0.545 e. The first kappa shape index (κ1) is 21.8. The van der Waals surface area contributed by atoms with Gasteiger partial charge < -0.3 is 20.5 Å². The van der Waals surface area contributed by atoms with Crippen LogP contribution in [0.25, 0.3) is 11.1 Å². The maximum atomic E-state index is 13.0. The van der Waals surface area contributed by atoms with E-state index in [0.29, 0.717) is 40.4 Å². The van der Waals surface area contributed by atoms with Crippen molar-refractivity contribution in [1.82, 2.24) is 5.32 Å². The third-order valence-corrected chi connectivity index (χ3v) is 4.66. The molecule has 0 aliphatic heterocycles. The van der Waals surface area contributed by atoms with E-state index >= 15 is 0 Å². The molecule has 0 aromatic heterocycles. The number of hydrogen-bond acceptors (Lipinski definition) is 4. The minimum atomic E-state index is -1.31. The lowest BCUT2D eigenvalue weighted by atomic mass is 9.95. The molecule has 0 saturated heterocycles. The molecular weight excluding hydrogens is 392 g/mol. The van der Waals surface area contributed by atoms with Gasteiger partial charge in [-0.2, -0.15) is 0 Å². The van der Waals surface area contributed by atoms with Crippen molar-refractivity contribution in [3.8, 4) is 11.1 Å². The van der Waals surface area contributed by atoms with Crippen molar-refractivity contribution in [2.45, 2.75) is 13.8 Å². The van der Waals surface area contributed by atoms with E-state index in [-0.39, 0.29) is 11.5 Å². The Morgan fingerprint density at radius 2 is 1.42 bits per heavy atom. The molecule has 158 valence electrons. The third kappa shape index (κ3) is 5.36. The van der Waals surface area contributed by atoms with Gasteiger partial charge in [0.25, 0.3) is 11.8 Å². The lowest BCUT2D eigenvalue weighted by molar-refractivity contribution is -0.254. The quantitative estimate of drug-likeness (QED) is 0.618. The van der Waals surface area contributed by atoms with Gasteiger partial charge in [0.05, 0.1) is 5.97 Å². The highest BCUT2D eigenvalue weighted by atomic mass is 16.4. The zero-order valence-corrected chi connectivity index (χ0v) is 17.3. The number of anilines is 1. The van der Waals surface area contributed by atoms with Crippen LogP contribution in [-0.2, 0) is 0 Å². The SMILES string of the molecule is CC(C)CNC(=O)c1cccc(NC(=O)c2ccccc2-c2ccccc2C(=O)[O-])c1. The van der Waals surface area contributed by atoms with Gasteiger partial charge in [0.15, 0.2) is 0 Å². The standard InChI is InChI=1S/C25H24N2O4/c1-16(2)15-26-23(28)17-8-7-9-18(14-17)27-24(29)21-12-5-3-10-19(21)20-11-4-6-13-22(20)25(30)31/h3-14,16H,15H2,1-2H3,(H,26,28)(H,27,29)(H,30,31)/p-1. The van der Waals surface area contributed by atoms with E-state index in [9.17, 15) is 19.5 Å². The van der Waals surface area contributed by atoms with Crippen LogP contribution in [0.1, 0.15) is 44.9 Å². The molecule has 3 aromatic carbocycles. The Morgan fingerprint density at radius 3 is 2.06 bits per heavy atom. The number of benzene rings is 3. The van der Waals surface area contributed by atoms with E-state index in [4.69, 9.17) is 0 Å². The van der Waals surface area contributed by atoms with Crippen LogP contribution in [0.2, 0.25) is 0 Å². The Bertz CT molecular complexity index is 1120. The van der Waals surface area contributed by atoms with Crippen LogP contribution in [0.15, 0.2) is 72.8 Å². The number of carboxylic acid groups (broad SMARTS) is 1. The smallest absolute Gasteiger partial charge is 0.256 e. The number of amides is 2. The first-order valence-electron chi connectivity index (χ1n) is 9.96. The van der Waals surface area contributed by atoms with Crippen LogP contribution in [0.4, 0.5) is 5.69 Å². The predicted octanol–water partition coefficient (Wildman–Crippen LogP) is 3.36. The van der Waals surface area contributed by atoms with E-state index in [1.54, 1.807) is 66.7 Å². The van der Waals surface area contributed by atoms with E-state index < -0.39 is 11.9 Å². The average molecular weight is 415 g/mol. The van der Waals surface area contributed by atoms with Gasteiger partial charge >= 0.3 is 0 Å². The summed E-state index contributed by atoms with van der Waals surface area (Å²) in [6.07, 6.45) is 0. The summed E-state index contributed by atoms with van der Waals surface area (Å²) in [7, 11) is 0. The van der Waals surface area contributed by atoms with Gasteiger partial charge in [0.2, 0.25) is 0 Å². The van der Waals surface area contributed by atoms with Crippen LogP contribution in [0.5, 0.6) is 0 Å². The summed E-state index contributed by atoms with van der Waals surface area (Å²) in [4.78, 5) is 36.8. The zero-order valence-electron chi connectivity index (χ0n) is 17.3. The monoisotopic (exact) mass is 415 g/mol. The molecule has 31 heavy (non-hydrogen) atoms. The van der Waals surface area contributed by atoms with Crippen molar-refractivity contribution in [2.24, 2.45) is 5.92 Å². The highest BCUT2D eigenvalue weighted by Crippen LogP contribution is 2.27. The van der Waals surface area contributed by atoms with Gasteiger partial charge in [0, 0.05) is 28.9 Å². The zero-order chi connectivity index (χ0) is 22.4. The molecule has 0 radical (unpaired) electrons. The molecule has 0 spiro atoms. The topological polar surface area (TPSA) is 98.3 Å². The number of nitrogens with one attached hydrogen (secondary N) is 2. The number of aromatic carboxylic acids is 1. The van der Waals surface area contributed by atoms with E-state index in [1.807, 2.05) is 13.8 Å². The first-order valence-corrected chi connectivity index (χ1v) is 9.96. The van der Waals surface area contributed by atoms with Crippen molar-refractivity contribution in [1.29, 1.82) is 0 Å². The molecule has 0 fully saturated rings. The van der Waals surface area contributed by atoms with E-state index in [2.05, 4.69) is 10.6 Å². The molecule has 0 aliphatic carbocycles. The maximum Gasteiger partial charge on any atom is 0.256 e. The Hall–Kier alpha value is -3.93. The van der Waals surface area contributed by atoms with Crippen LogP contribution in [-0.4, -0.2) is 24.3 Å². The van der Waals surface area contributed by atoms with Crippen molar-refractivity contribution >= 4 is 23.5 Å². The first-order chi connectivity index (χ1) is 14.9. The fourth-order valence-corrected chi connectivity index (χ4v) is 3.15. The van der Waals surface area contributed by atoms with Crippen molar-refractivity contribution in [2.75, 3.05) is 11.9 Å². The van der Waals surface area contributed by atoms with Gasteiger partial charge in [-0.05, 0) is 41.3 Å². The summed E-state index contributed by atoms with van der Waals surface area (Å²) >= 11 is 0. The number of hydrogen-bond donors (Lipinski definition) is 2. The molecule has 3 rings (SSSR count). The van der Waals surface area contributed by atoms with Crippen molar-refractivity contribution in [3.63, 3.8) is 0 Å². The fraction of sp³-hybridized carbons (Fsp3) is 0.160. The molecule has 2 N–H and O–H groups in total. The summed E-state index contributed by atoms with van der Waals surface area (Å²) in [5.41, 5.74) is 2.09. The van der Waals surface area contributed by atoms with Crippen molar-refractivity contribution < 1.29 is 19.5 Å². The Kier molecular flexibility index (Phi) is 6.82. The lowest BCUT2D eigenvalue weighted by Crippen LogP contribution is -2.27. The molecule has 0 heterocycles. The van der Waals surface area contributed by atoms with E-state index in [1.165, 1.54) is 6.07 Å². The Morgan fingerprint density at radius 1 is 0.806 bits per heavy atom. The van der Waals surface area contributed by atoms with Gasteiger partial charge in [-0.15, -0.1) is 0 Å². The second kappa shape index (κ2) is 9.71. The fourth-order valence-electron chi connectivity index (χ4n) is 3.15.